The molecule has 2 aromatic carbocycles. The van der Waals surface area contributed by atoms with Crippen LogP contribution in [0.2, 0.25) is 0 Å². The molecule has 2 heterocycles. The maximum Gasteiger partial charge on any atom is 0.258 e. The van der Waals surface area contributed by atoms with Crippen LogP contribution in [0.25, 0.3) is 11.6 Å². The number of carbonyl (C=O) groups excluding carboxylic acids is 1. The Labute approximate surface area is 149 Å². The van der Waals surface area contributed by atoms with Gasteiger partial charge in [-0.3, -0.25) is 4.79 Å². The largest absolute Gasteiger partial charge is 0.372 e. The van der Waals surface area contributed by atoms with Crippen LogP contribution in [0.4, 0.5) is 11.4 Å². The molecule has 0 aromatic heterocycles. The van der Waals surface area contributed by atoms with Crippen molar-refractivity contribution >= 4 is 28.9 Å². The predicted molar refractivity (Wildman–Crippen MR) is 105 cm³/mol. The fourth-order valence-electron chi connectivity index (χ4n) is 3.91. The van der Waals surface area contributed by atoms with Crippen LogP contribution in [0, 0.1) is 6.92 Å². The number of rotatable bonds is 3. The Morgan fingerprint density at radius 1 is 1.08 bits per heavy atom. The second kappa shape index (κ2) is 6.40. The molecule has 0 unspecified atom stereocenters. The highest BCUT2D eigenvalue weighted by atomic mass is 16.2. The van der Waals surface area contributed by atoms with Crippen LogP contribution in [0.15, 0.2) is 42.5 Å². The van der Waals surface area contributed by atoms with E-state index in [4.69, 9.17) is 0 Å². The summed E-state index contributed by atoms with van der Waals surface area (Å²) in [6.07, 6.45) is 4.62. The van der Waals surface area contributed by atoms with Gasteiger partial charge in [0.15, 0.2) is 0 Å². The second-order valence-electron chi connectivity index (χ2n) is 6.86. The predicted octanol–water partition coefficient (Wildman–Crippen LogP) is 4.50. The van der Waals surface area contributed by atoms with Gasteiger partial charge in [0.2, 0.25) is 0 Å². The topological polar surface area (TPSA) is 23.6 Å². The first-order chi connectivity index (χ1) is 12.2. The fraction of sp³-hybridized carbons (Fsp3) is 0.318. The molecule has 2 aromatic rings. The number of benzene rings is 2. The van der Waals surface area contributed by atoms with Crippen LogP contribution >= 0.6 is 0 Å². The van der Waals surface area contributed by atoms with E-state index < -0.39 is 0 Å². The number of anilines is 2. The molecule has 0 radical (unpaired) electrons. The quantitative estimate of drug-likeness (QED) is 0.773. The van der Waals surface area contributed by atoms with Crippen molar-refractivity contribution < 1.29 is 4.79 Å². The summed E-state index contributed by atoms with van der Waals surface area (Å²) in [5, 5.41) is 0. The third kappa shape index (κ3) is 2.74. The third-order valence-corrected chi connectivity index (χ3v) is 5.30. The average molecular weight is 332 g/mol. The van der Waals surface area contributed by atoms with Gasteiger partial charge in [-0.2, -0.15) is 0 Å². The highest BCUT2D eigenvalue weighted by Gasteiger charge is 2.30. The number of nitrogens with zero attached hydrogens (tertiary/aromatic N) is 2. The van der Waals surface area contributed by atoms with E-state index in [1.165, 1.54) is 24.1 Å². The summed E-state index contributed by atoms with van der Waals surface area (Å²) < 4.78 is 0. The van der Waals surface area contributed by atoms with Crippen LogP contribution in [-0.2, 0) is 4.79 Å². The molecular formula is C22H24N2O. The van der Waals surface area contributed by atoms with E-state index in [1.54, 1.807) is 0 Å². The first-order valence-electron chi connectivity index (χ1n) is 9.17. The van der Waals surface area contributed by atoms with Crippen molar-refractivity contribution in [3.63, 3.8) is 0 Å². The number of carbonyl (C=O) groups is 1. The smallest absolute Gasteiger partial charge is 0.258 e. The van der Waals surface area contributed by atoms with E-state index in [1.807, 2.05) is 36.1 Å². The molecule has 0 spiro atoms. The van der Waals surface area contributed by atoms with Gasteiger partial charge in [0.25, 0.3) is 5.91 Å². The fourth-order valence-corrected chi connectivity index (χ4v) is 3.91. The standard InChI is InChI=1S/C22H24N2O/c1-3-24-21-9-5-4-8-19(21)20(22(24)25)15-17-10-11-18(14-16(17)2)23-12-6-7-13-23/h4-5,8-11,14-15H,3,6-7,12-13H2,1-2H3/b20-15-. The lowest BCUT2D eigenvalue weighted by molar-refractivity contribution is -0.112. The SMILES string of the molecule is CCN1C(=O)/C(=C\c2ccc(N3CCCC3)cc2C)c2ccccc21. The van der Waals surface area contributed by atoms with E-state index in [2.05, 4.69) is 36.1 Å². The number of aryl methyl sites for hydroxylation is 1. The zero-order valence-electron chi connectivity index (χ0n) is 15.0. The Bertz CT molecular complexity index is 847. The molecule has 0 atom stereocenters. The number of likely N-dealkylation sites (N-methyl/N-ethyl adjacent to an activating group) is 1. The minimum Gasteiger partial charge on any atom is -0.372 e. The molecule has 25 heavy (non-hydrogen) atoms. The first-order valence-corrected chi connectivity index (χ1v) is 9.17. The monoisotopic (exact) mass is 332 g/mol. The Morgan fingerprint density at radius 3 is 2.56 bits per heavy atom. The van der Waals surface area contributed by atoms with Gasteiger partial charge in [-0.05, 0) is 62.1 Å². The van der Waals surface area contributed by atoms with Crippen molar-refractivity contribution in [2.24, 2.45) is 0 Å². The maximum absolute atomic E-state index is 12.8. The molecule has 4 rings (SSSR count). The van der Waals surface area contributed by atoms with Crippen molar-refractivity contribution in [2.45, 2.75) is 26.7 Å². The molecule has 128 valence electrons. The summed E-state index contributed by atoms with van der Waals surface area (Å²) in [5.41, 5.74) is 6.50. The highest BCUT2D eigenvalue weighted by Crippen LogP contribution is 2.38. The molecule has 3 nitrogen and oxygen atoms in total. The van der Waals surface area contributed by atoms with Gasteiger partial charge < -0.3 is 9.80 Å². The summed E-state index contributed by atoms with van der Waals surface area (Å²) in [6.45, 7) is 7.15. The molecule has 1 amide bonds. The molecule has 0 bridgehead atoms. The molecule has 2 aliphatic rings. The van der Waals surface area contributed by atoms with Crippen molar-refractivity contribution in [1.29, 1.82) is 0 Å². The van der Waals surface area contributed by atoms with Crippen LogP contribution in [0.1, 0.15) is 36.5 Å². The number of fused-ring (bicyclic) bond motifs is 1. The second-order valence-corrected chi connectivity index (χ2v) is 6.86. The summed E-state index contributed by atoms with van der Waals surface area (Å²) in [4.78, 5) is 17.1. The normalized spacial score (nSPS) is 18.3. The van der Waals surface area contributed by atoms with Gasteiger partial charge in [0.1, 0.15) is 0 Å². The Hall–Kier alpha value is -2.55. The Balaban J connectivity index is 1.72. The Morgan fingerprint density at radius 2 is 1.84 bits per heavy atom. The molecule has 3 heteroatoms. The van der Waals surface area contributed by atoms with E-state index in [9.17, 15) is 4.79 Å². The van der Waals surface area contributed by atoms with Crippen molar-refractivity contribution in [3.8, 4) is 0 Å². The van der Waals surface area contributed by atoms with Crippen molar-refractivity contribution in [3.05, 3.63) is 59.2 Å². The molecule has 1 fully saturated rings. The van der Waals surface area contributed by atoms with Gasteiger partial charge in [0, 0.05) is 36.5 Å². The van der Waals surface area contributed by atoms with Crippen molar-refractivity contribution in [1.82, 2.24) is 0 Å². The zero-order chi connectivity index (χ0) is 17.4. The molecule has 0 saturated carbocycles. The minimum absolute atomic E-state index is 0.103. The Kier molecular flexibility index (Phi) is 4.08. The van der Waals surface area contributed by atoms with E-state index in [-0.39, 0.29) is 5.91 Å². The summed E-state index contributed by atoms with van der Waals surface area (Å²) in [6, 6.07) is 14.7. The van der Waals surface area contributed by atoms with Gasteiger partial charge in [-0.1, -0.05) is 24.3 Å². The zero-order valence-corrected chi connectivity index (χ0v) is 15.0. The molecule has 1 saturated heterocycles. The number of hydrogen-bond acceptors (Lipinski definition) is 2. The number of hydrogen-bond donors (Lipinski definition) is 0. The first kappa shape index (κ1) is 15.9. The van der Waals surface area contributed by atoms with Crippen molar-refractivity contribution in [2.75, 3.05) is 29.4 Å². The molecule has 2 aliphatic heterocycles. The van der Waals surface area contributed by atoms with Gasteiger partial charge in [-0.15, -0.1) is 0 Å². The van der Waals surface area contributed by atoms with Crippen LogP contribution in [0.3, 0.4) is 0 Å². The lowest BCUT2D eigenvalue weighted by atomic mass is 10.0. The molecule has 0 aliphatic carbocycles. The third-order valence-electron chi connectivity index (χ3n) is 5.30. The van der Waals surface area contributed by atoms with Gasteiger partial charge in [0.05, 0.1) is 5.69 Å². The van der Waals surface area contributed by atoms with Gasteiger partial charge >= 0.3 is 0 Å². The van der Waals surface area contributed by atoms with Gasteiger partial charge in [-0.25, -0.2) is 0 Å². The van der Waals surface area contributed by atoms with E-state index in [0.717, 1.165) is 35.5 Å². The van der Waals surface area contributed by atoms with Crippen LogP contribution < -0.4 is 9.80 Å². The number of para-hydroxylation sites is 1. The number of amides is 1. The van der Waals surface area contributed by atoms with E-state index in [0.29, 0.717) is 6.54 Å². The van der Waals surface area contributed by atoms with E-state index >= 15 is 0 Å². The minimum atomic E-state index is 0.103. The van der Waals surface area contributed by atoms with Crippen LogP contribution in [-0.4, -0.2) is 25.5 Å². The maximum atomic E-state index is 12.8. The summed E-state index contributed by atoms with van der Waals surface area (Å²) in [7, 11) is 0. The molecule has 0 N–H and O–H groups in total. The highest BCUT2D eigenvalue weighted by molar-refractivity contribution is 6.35. The average Bonchev–Trinajstić information content (AvgIpc) is 3.24. The lowest BCUT2D eigenvalue weighted by Crippen LogP contribution is -2.25. The summed E-state index contributed by atoms with van der Waals surface area (Å²) in [5.74, 6) is 0.103. The lowest BCUT2D eigenvalue weighted by Gasteiger charge is -2.18. The molecular weight excluding hydrogens is 308 g/mol. The van der Waals surface area contributed by atoms with Crippen LogP contribution in [0.5, 0.6) is 0 Å². The summed E-state index contributed by atoms with van der Waals surface area (Å²) >= 11 is 0.